The maximum absolute atomic E-state index is 11.2. The number of nitrogens with one attached hydrogen (secondary N) is 2. The van der Waals surface area contributed by atoms with E-state index in [-0.39, 0.29) is 5.97 Å². The predicted octanol–water partition coefficient (Wildman–Crippen LogP) is 2.35. The van der Waals surface area contributed by atoms with E-state index in [1.54, 1.807) is 14.0 Å². The lowest BCUT2D eigenvalue weighted by Gasteiger charge is -2.11. The summed E-state index contributed by atoms with van der Waals surface area (Å²) in [6.45, 7) is 3.56. The lowest BCUT2D eigenvalue weighted by atomic mass is 10.2. The van der Waals surface area contributed by atoms with Gasteiger partial charge in [-0.15, -0.1) is 0 Å². The topological polar surface area (TPSA) is 62.7 Å². The summed E-state index contributed by atoms with van der Waals surface area (Å²) in [4.78, 5) is 15.3. The molecule has 0 atom stereocenters. The largest absolute Gasteiger partial charge is 0.466 e. The van der Waals surface area contributed by atoms with Crippen LogP contribution in [-0.2, 0) is 16.1 Å². The summed E-state index contributed by atoms with van der Waals surface area (Å²) in [6.07, 6.45) is 1.12. The molecule has 0 aliphatic rings. The van der Waals surface area contributed by atoms with Gasteiger partial charge in [-0.3, -0.25) is 9.79 Å². The molecule has 2 N–H and O–H groups in total. The lowest BCUT2D eigenvalue weighted by molar-refractivity contribution is -0.143. The van der Waals surface area contributed by atoms with Crippen molar-refractivity contribution in [2.24, 2.45) is 4.99 Å². The van der Waals surface area contributed by atoms with E-state index in [1.807, 2.05) is 24.3 Å². The number of nitrogens with zero attached hydrogens (tertiary/aromatic N) is 1. The van der Waals surface area contributed by atoms with Gasteiger partial charge in [0.25, 0.3) is 0 Å². The summed E-state index contributed by atoms with van der Waals surface area (Å²) in [7, 11) is 1.71. The zero-order chi connectivity index (χ0) is 15.5. The standard InChI is InChI=1S/C15H22ClN3O2/c1-3-21-14(20)5-4-10-18-15(17-2)19-11-12-6-8-13(16)9-7-12/h6-9H,3-5,10-11H2,1-2H3,(H2,17,18,19). The monoisotopic (exact) mass is 311 g/mol. The van der Waals surface area contributed by atoms with E-state index in [4.69, 9.17) is 16.3 Å². The first kappa shape index (κ1) is 17.3. The van der Waals surface area contributed by atoms with E-state index < -0.39 is 0 Å². The second-order valence-electron chi connectivity index (χ2n) is 4.39. The average Bonchev–Trinajstić information content (AvgIpc) is 2.48. The number of carbonyl (C=O) groups excluding carboxylic acids is 1. The summed E-state index contributed by atoms with van der Waals surface area (Å²) in [6, 6.07) is 7.63. The molecular weight excluding hydrogens is 290 g/mol. The third-order valence-corrected chi connectivity index (χ3v) is 3.00. The fraction of sp³-hybridized carbons (Fsp3) is 0.467. The molecule has 1 aromatic carbocycles. The second-order valence-corrected chi connectivity index (χ2v) is 4.82. The molecule has 0 spiro atoms. The highest BCUT2D eigenvalue weighted by Gasteiger charge is 2.02. The van der Waals surface area contributed by atoms with Gasteiger partial charge in [0.05, 0.1) is 6.61 Å². The van der Waals surface area contributed by atoms with E-state index in [2.05, 4.69) is 15.6 Å². The number of guanidine groups is 1. The maximum Gasteiger partial charge on any atom is 0.305 e. The first-order valence-corrected chi connectivity index (χ1v) is 7.38. The van der Waals surface area contributed by atoms with Crippen LogP contribution in [0, 0.1) is 0 Å². The normalized spacial score (nSPS) is 11.1. The lowest BCUT2D eigenvalue weighted by Crippen LogP contribution is -2.37. The molecule has 0 radical (unpaired) electrons. The van der Waals surface area contributed by atoms with Gasteiger partial charge in [-0.2, -0.15) is 0 Å². The van der Waals surface area contributed by atoms with Gasteiger partial charge in [0.1, 0.15) is 0 Å². The van der Waals surface area contributed by atoms with Crippen molar-refractivity contribution in [2.75, 3.05) is 20.2 Å². The van der Waals surface area contributed by atoms with E-state index >= 15 is 0 Å². The third-order valence-electron chi connectivity index (χ3n) is 2.75. The first-order chi connectivity index (χ1) is 10.2. The summed E-state index contributed by atoms with van der Waals surface area (Å²) in [5, 5.41) is 7.07. The number of hydrogen-bond acceptors (Lipinski definition) is 3. The van der Waals surface area contributed by atoms with E-state index in [9.17, 15) is 4.79 Å². The Morgan fingerprint density at radius 1 is 1.29 bits per heavy atom. The minimum absolute atomic E-state index is 0.164. The number of carbonyl (C=O) groups is 1. The van der Waals surface area contributed by atoms with Gasteiger partial charge in [0.2, 0.25) is 0 Å². The van der Waals surface area contributed by atoms with E-state index in [1.165, 1.54) is 0 Å². The number of rotatable bonds is 7. The van der Waals surface area contributed by atoms with Crippen LogP contribution in [0.3, 0.4) is 0 Å². The van der Waals surface area contributed by atoms with Crippen LogP contribution in [0.5, 0.6) is 0 Å². The van der Waals surface area contributed by atoms with Crippen molar-refractivity contribution in [3.8, 4) is 0 Å². The van der Waals surface area contributed by atoms with Crippen molar-refractivity contribution < 1.29 is 9.53 Å². The van der Waals surface area contributed by atoms with Crippen LogP contribution in [0.25, 0.3) is 0 Å². The molecule has 1 aromatic rings. The van der Waals surface area contributed by atoms with E-state index in [0.29, 0.717) is 38.5 Å². The molecule has 0 saturated heterocycles. The van der Waals surface area contributed by atoms with Crippen molar-refractivity contribution in [2.45, 2.75) is 26.3 Å². The molecule has 0 saturated carbocycles. The Morgan fingerprint density at radius 2 is 2.00 bits per heavy atom. The highest BCUT2D eigenvalue weighted by atomic mass is 35.5. The van der Waals surface area contributed by atoms with Crippen molar-refractivity contribution in [3.63, 3.8) is 0 Å². The quantitative estimate of drug-likeness (QED) is 0.351. The maximum atomic E-state index is 11.2. The molecule has 21 heavy (non-hydrogen) atoms. The molecule has 0 unspecified atom stereocenters. The third kappa shape index (κ3) is 7.56. The molecule has 0 heterocycles. The van der Waals surface area contributed by atoms with Gasteiger partial charge in [-0.05, 0) is 31.0 Å². The van der Waals surface area contributed by atoms with Crippen molar-refractivity contribution >= 4 is 23.5 Å². The van der Waals surface area contributed by atoms with Crippen LogP contribution in [0.2, 0.25) is 5.02 Å². The summed E-state index contributed by atoms with van der Waals surface area (Å²) < 4.78 is 4.87. The van der Waals surface area contributed by atoms with Crippen LogP contribution in [0.4, 0.5) is 0 Å². The minimum Gasteiger partial charge on any atom is -0.466 e. The molecule has 0 aliphatic heterocycles. The Hall–Kier alpha value is -1.75. The number of aliphatic imine (C=N–C) groups is 1. The van der Waals surface area contributed by atoms with Gasteiger partial charge in [0.15, 0.2) is 5.96 Å². The van der Waals surface area contributed by atoms with Crippen LogP contribution < -0.4 is 10.6 Å². The Kier molecular flexibility index (Phi) is 8.28. The van der Waals surface area contributed by atoms with E-state index in [0.717, 1.165) is 10.6 Å². The van der Waals surface area contributed by atoms with Gasteiger partial charge >= 0.3 is 5.97 Å². The Labute approximate surface area is 130 Å². The predicted molar refractivity (Wildman–Crippen MR) is 85.5 cm³/mol. The van der Waals surface area contributed by atoms with Crippen LogP contribution >= 0.6 is 11.6 Å². The molecule has 1 rings (SSSR count). The van der Waals surface area contributed by atoms with Gasteiger partial charge in [-0.25, -0.2) is 0 Å². The molecule has 0 amide bonds. The molecule has 116 valence electrons. The van der Waals surface area contributed by atoms with Gasteiger partial charge in [-0.1, -0.05) is 23.7 Å². The fourth-order valence-corrected chi connectivity index (χ4v) is 1.81. The Bertz CT molecular complexity index is 460. The fourth-order valence-electron chi connectivity index (χ4n) is 1.68. The van der Waals surface area contributed by atoms with Crippen LogP contribution in [-0.4, -0.2) is 32.1 Å². The smallest absolute Gasteiger partial charge is 0.305 e. The number of ether oxygens (including phenoxy) is 1. The summed E-state index contributed by atoms with van der Waals surface area (Å²) >= 11 is 5.84. The van der Waals surface area contributed by atoms with Crippen molar-refractivity contribution in [1.29, 1.82) is 0 Å². The van der Waals surface area contributed by atoms with Crippen LogP contribution in [0.1, 0.15) is 25.3 Å². The highest BCUT2D eigenvalue weighted by molar-refractivity contribution is 6.30. The molecular formula is C15H22ClN3O2. The number of hydrogen-bond donors (Lipinski definition) is 2. The zero-order valence-electron chi connectivity index (χ0n) is 12.5. The first-order valence-electron chi connectivity index (χ1n) is 7.00. The van der Waals surface area contributed by atoms with Crippen molar-refractivity contribution in [3.05, 3.63) is 34.9 Å². The SMILES string of the molecule is CCOC(=O)CCCNC(=NC)NCc1ccc(Cl)cc1. The van der Waals surface area contributed by atoms with Gasteiger partial charge < -0.3 is 15.4 Å². The average molecular weight is 312 g/mol. The highest BCUT2D eigenvalue weighted by Crippen LogP contribution is 2.08. The summed E-state index contributed by atoms with van der Waals surface area (Å²) in [5.41, 5.74) is 1.12. The summed E-state index contributed by atoms with van der Waals surface area (Å²) in [5.74, 6) is 0.539. The minimum atomic E-state index is -0.164. The number of esters is 1. The molecule has 0 bridgehead atoms. The molecule has 0 aliphatic carbocycles. The number of benzene rings is 1. The van der Waals surface area contributed by atoms with Crippen LogP contribution in [0.15, 0.2) is 29.3 Å². The Balaban J connectivity index is 2.23. The number of halogens is 1. The molecule has 5 nitrogen and oxygen atoms in total. The molecule has 0 fully saturated rings. The van der Waals surface area contributed by atoms with Crippen molar-refractivity contribution in [1.82, 2.24) is 10.6 Å². The second kappa shape index (κ2) is 10.0. The zero-order valence-corrected chi connectivity index (χ0v) is 13.2. The van der Waals surface area contributed by atoms with Gasteiger partial charge in [0, 0.05) is 31.6 Å². The molecule has 0 aromatic heterocycles. The molecule has 6 heteroatoms. The Morgan fingerprint density at radius 3 is 2.62 bits per heavy atom.